The summed E-state index contributed by atoms with van der Waals surface area (Å²) in [5.74, 6) is -0.650. The number of ketones is 1. The molecule has 1 atom stereocenters. The van der Waals surface area contributed by atoms with E-state index in [2.05, 4.69) is 6.92 Å². The van der Waals surface area contributed by atoms with Crippen molar-refractivity contribution in [3.8, 4) is 11.5 Å². The number of unbranched alkanes of at least 4 members (excludes halogenated alkanes) is 2. The lowest BCUT2D eigenvalue weighted by Gasteiger charge is -2.27. The van der Waals surface area contributed by atoms with Gasteiger partial charge in [-0.25, -0.2) is 0 Å². The van der Waals surface area contributed by atoms with Gasteiger partial charge in [-0.05, 0) is 50.1 Å². The molecule has 0 aliphatic carbocycles. The maximum Gasteiger partial charge on any atom is 0.290 e. The Balaban J connectivity index is 1.76. The van der Waals surface area contributed by atoms with Crippen molar-refractivity contribution in [3.05, 3.63) is 70.1 Å². The number of methoxy groups -OCH3 is 1. The van der Waals surface area contributed by atoms with Crippen LogP contribution in [-0.4, -0.2) is 41.5 Å². The molecule has 0 saturated carbocycles. The van der Waals surface area contributed by atoms with Gasteiger partial charge in [-0.3, -0.25) is 9.59 Å². The standard InChI is InChI=1S/C28H30ClNO6/c1-5-6-7-12-30-24(17-8-10-20(11-9-17)35-16(2)3)23(26(32)28(30)33)25(31)21-14-18-13-19(29)15-22(34-4)27(18)36-21/h8-11,13-16,24,32H,5-7,12H2,1-4H3. The van der Waals surface area contributed by atoms with Gasteiger partial charge in [0, 0.05) is 23.0 Å². The van der Waals surface area contributed by atoms with E-state index in [1.807, 2.05) is 26.0 Å². The number of halogens is 1. The van der Waals surface area contributed by atoms with E-state index in [-0.39, 0.29) is 17.4 Å². The van der Waals surface area contributed by atoms with Crippen molar-refractivity contribution in [2.45, 2.75) is 52.2 Å². The second-order valence-electron chi connectivity index (χ2n) is 9.07. The van der Waals surface area contributed by atoms with Gasteiger partial charge in [-0.1, -0.05) is 43.5 Å². The summed E-state index contributed by atoms with van der Waals surface area (Å²) < 4.78 is 16.9. The van der Waals surface area contributed by atoms with Crippen molar-refractivity contribution in [1.82, 2.24) is 4.90 Å². The SMILES string of the molecule is CCCCCN1C(=O)C(O)=C(C(=O)c2cc3cc(Cl)cc(OC)c3o2)C1c1ccc(OC(C)C)cc1. The molecule has 0 spiro atoms. The molecule has 1 aliphatic heterocycles. The molecule has 0 fully saturated rings. The van der Waals surface area contributed by atoms with Crippen molar-refractivity contribution in [3.63, 3.8) is 0 Å². The lowest BCUT2D eigenvalue weighted by molar-refractivity contribution is -0.129. The van der Waals surface area contributed by atoms with Crippen LogP contribution in [-0.2, 0) is 4.79 Å². The molecule has 1 amide bonds. The van der Waals surface area contributed by atoms with Gasteiger partial charge < -0.3 is 23.9 Å². The number of furan rings is 1. The van der Waals surface area contributed by atoms with E-state index in [1.165, 1.54) is 7.11 Å². The topological polar surface area (TPSA) is 89.2 Å². The number of hydrogen-bond acceptors (Lipinski definition) is 6. The van der Waals surface area contributed by atoms with Crippen LogP contribution in [0.4, 0.5) is 0 Å². The summed E-state index contributed by atoms with van der Waals surface area (Å²) >= 11 is 6.17. The summed E-state index contributed by atoms with van der Waals surface area (Å²) in [5, 5.41) is 11.9. The first kappa shape index (κ1) is 25.6. The van der Waals surface area contributed by atoms with Crippen LogP contribution >= 0.6 is 11.6 Å². The average Bonchev–Trinajstić information content (AvgIpc) is 3.38. The Morgan fingerprint density at radius 3 is 2.53 bits per heavy atom. The number of nitrogens with zero attached hydrogens (tertiary/aromatic N) is 1. The average molecular weight is 512 g/mol. The van der Waals surface area contributed by atoms with E-state index < -0.39 is 23.5 Å². The lowest BCUT2D eigenvalue weighted by atomic mass is 9.94. The highest BCUT2D eigenvalue weighted by Gasteiger charge is 2.44. The molecule has 0 bridgehead atoms. The molecule has 1 aromatic heterocycles. The summed E-state index contributed by atoms with van der Waals surface area (Å²) in [6.07, 6.45) is 2.66. The van der Waals surface area contributed by atoms with Crippen molar-refractivity contribution in [1.29, 1.82) is 0 Å². The molecule has 2 heterocycles. The van der Waals surface area contributed by atoms with Crippen LogP contribution in [0.2, 0.25) is 5.02 Å². The summed E-state index contributed by atoms with van der Waals surface area (Å²) in [7, 11) is 1.48. The highest BCUT2D eigenvalue weighted by molar-refractivity contribution is 6.31. The highest BCUT2D eigenvalue weighted by atomic mass is 35.5. The van der Waals surface area contributed by atoms with Gasteiger partial charge in [0.05, 0.1) is 24.8 Å². The largest absolute Gasteiger partial charge is 0.503 e. The number of Topliss-reactive ketones (excluding diaryl/α,β-unsaturated/α-hetero) is 1. The summed E-state index contributed by atoms with van der Waals surface area (Å²) in [5.41, 5.74) is 1.04. The smallest absolute Gasteiger partial charge is 0.290 e. The van der Waals surface area contributed by atoms with E-state index in [9.17, 15) is 14.7 Å². The van der Waals surface area contributed by atoms with E-state index >= 15 is 0 Å². The zero-order chi connectivity index (χ0) is 26.0. The Bertz CT molecular complexity index is 1310. The molecule has 4 rings (SSSR count). The number of fused-ring (bicyclic) bond motifs is 1. The Labute approximate surface area is 215 Å². The molecular weight excluding hydrogens is 482 g/mol. The highest BCUT2D eigenvalue weighted by Crippen LogP contribution is 2.41. The molecule has 190 valence electrons. The predicted molar refractivity (Wildman–Crippen MR) is 138 cm³/mol. The van der Waals surface area contributed by atoms with Gasteiger partial charge in [0.15, 0.2) is 22.9 Å². The molecule has 8 heteroatoms. The lowest BCUT2D eigenvalue weighted by Crippen LogP contribution is -2.32. The van der Waals surface area contributed by atoms with E-state index in [0.717, 1.165) is 19.3 Å². The minimum absolute atomic E-state index is 0.00843. The first-order chi connectivity index (χ1) is 17.2. The Kier molecular flexibility index (Phi) is 7.59. The number of carbonyl (C=O) groups excluding carboxylic acids is 2. The fraction of sp³-hybridized carbons (Fsp3) is 0.357. The Morgan fingerprint density at radius 2 is 1.89 bits per heavy atom. The molecule has 0 radical (unpaired) electrons. The molecule has 36 heavy (non-hydrogen) atoms. The summed E-state index contributed by atoms with van der Waals surface area (Å²) in [6, 6.07) is 11.3. The first-order valence-corrected chi connectivity index (χ1v) is 12.4. The minimum Gasteiger partial charge on any atom is -0.503 e. The maximum absolute atomic E-state index is 13.7. The third-order valence-corrected chi connectivity index (χ3v) is 6.33. The number of amides is 1. The van der Waals surface area contributed by atoms with Crippen molar-refractivity contribution < 1.29 is 28.6 Å². The van der Waals surface area contributed by atoms with Crippen LogP contribution in [0.25, 0.3) is 11.0 Å². The summed E-state index contributed by atoms with van der Waals surface area (Å²) in [6.45, 7) is 6.35. The number of benzene rings is 2. The molecule has 3 aromatic rings. The molecular formula is C28H30ClNO6. The van der Waals surface area contributed by atoms with Crippen molar-refractivity contribution >= 4 is 34.3 Å². The van der Waals surface area contributed by atoms with Gasteiger partial charge in [-0.15, -0.1) is 0 Å². The van der Waals surface area contributed by atoms with Crippen LogP contribution < -0.4 is 9.47 Å². The van der Waals surface area contributed by atoms with Crippen molar-refractivity contribution in [2.24, 2.45) is 0 Å². The molecule has 1 aliphatic rings. The molecule has 0 saturated heterocycles. The van der Waals surface area contributed by atoms with E-state index in [0.29, 0.717) is 39.6 Å². The first-order valence-electron chi connectivity index (χ1n) is 12.1. The number of aliphatic hydroxyl groups excluding tert-OH is 1. The molecule has 1 unspecified atom stereocenters. The van der Waals surface area contributed by atoms with Gasteiger partial charge in [0.2, 0.25) is 5.78 Å². The minimum atomic E-state index is -0.756. The number of carbonyl (C=O) groups is 2. The van der Waals surface area contributed by atoms with Gasteiger partial charge in [0.25, 0.3) is 5.91 Å². The Hall–Kier alpha value is -3.45. The number of ether oxygens (including phenoxy) is 2. The monoisotopic (exact) mass is 511 g/mol. The zero-order valence-electron chi connectivity index (χ0n) is 20.8. The van der Waals surface area contributed by atoms with Crippen LogP contribution in [0.15, 0.2) is 58.2 Å². The van der Waals surface area contributed by atoms with Crippen molar-refractivity contribution in [2.75, 3.05) is 13.7 Å². The summed E-state index contributed by atoms with van der Waals surface area (Å²) in [4.78, 5) is 28.4. The molecule has 2 aromatic carbocycles. The number of aliphatic hydroxyl groups is 1. The Morgan fingerprint density at radius 1 is 1.17 bits per heavy atom. The van der Waals surface area contributed by atoms with Crippen LogP contribution in [0.1, 0.15) is 62.2 Å². The van der Waals surface area contributed by atoms with Gasteiger partial charge in [-0.2, -0.15) is 0 Å². The van der Waals surface area contributed by atoms with E-state index in [1.54, 1.807) is 35.2 Å². The van der Waals surface area contributed by atoms with Gasteiger partial charge >= 0.3 is 0 Å². The van der Waals surface area contributed by atoms with Crippen LogP contribution in [0.3, 0.4) is 0 Å². The van der Waals surface area contributed by atoms with Crippen LogP contribution in [0, 0.1) is 0 Å². The second-order valence-corrected chi connectivity index (χ2v) is 9.51. The fourth-order valence-corrected chi connectivity index (χ4v) is 4.69. The predicted octanol–water partition coefficient (Wildman–Crippen LogP) is 6.65. The maximum atomic E-state index is 13.7. The fourth-order valence-electron chi connectivity index (χ4n) is 4.48. The quantitative estimate of drug-likeness (QED) is 0.242. The third-order valence-electron chi connectivity index (χ3n) is 6.11. The van der Waals surface area contributed by atoms with Gasteiger partial charge in [0.1, 0.15) is 5.75 Å². The third kappa shape index (κ3) is 4.93. The zero-order valence-corrected chi connectivity index (χ0v) is 21.6. The van der Waals surface area contributed by atoms with Crippen LogP contribution in [0.5, 0.6) is 11.5 Å². The molecule has 1 N–H and O–H groups in total. The number of rotatable bonds is 10. The number of hydrogen-bond donors (Lipinski definition) is 1. The van der Waals surface area contributed by atoms with E-state index in [4.69, 9.17) is 25.5 Å². The normalized spacial score (nSPS) is 15.9. The molecule has 7 nitrogen and oxygen atoms in total. The second kappa shape index (κ2) is 10.7.